The maximum atomic E-state index is 11.9. The van der Waals surface area contributed by atoms with Gasteiger partial charge in [0.25, 0.3) is 0 Å². The van der Waals surface area contributed by atoms with Crippen molar-refractivity contribution in [2.24, 2.45) is 5.92 Å². The lowest BCUT2D eigenvalue weighted by Gasteiger charge is -2.21. The average Bonchev–Trinajstić information content (AvgIpc) is 2.52. The average molecular weight is 274 g/mol. The number of piperidine rings is 1. The number of carbonyl (C=O) groups is 1. The minimum Gasteiger partial charge on any atom is -0.356 e. The highest BCUT2D eigenvalue weighted by molar-refractivity contribution is 5.78. The second kappa shape index (κ2) is 8.75. The zero-order chi connectivity index (χ0) is 14.0. The molecule has 3 heteroatoms. The summed E-state index contributed by atoms with van der Waals surface area (Å²) < 4.78 is 0. The maximum absolute atomic E-state index is 11.9. The van der Waals surface area contributed by atoms with Crippen LogP contribution in [0.3, 0.4) is 0 Å². The van der Waals surface area contributed by atoms with Crippen molar-refractivity contribution in [1.29, 1.82) is 0 Å². The summed E-state index contributed by atoms with van der Waals surface area (Å²) in [5.41, 5.74) is 1.41. The molecule has 1 aliphatic heterocycles. The van der Waals surface area contributed by atoms with Crippen molar-refractivity contribution in [2.45, 2.75) is 38.5 Å². The minimum atomic E-state index is 0.188. The van der Waals surface area contributed by atoms with Gasteiger partial charge < -0.3 is 10.6 Å². The Kier molecular flexibility index (Phi) is 6.58. The Labute approximate surface area is 122 Å². The maximum Gasteiger partial charge on any atom is 0.224 e. The smallest absolute Gasteiger partial charge is 0.224 e. The molecule has 1 fully saturated rings. The van der Waals surface area contributed by atoms with Crippen LogP contribution >= 0.6 is 0 Å². The molecule has 1 aromatic rings. The van der Waals surface area contributed by atoms with Gasteiger partial charge in [0.2, 0.25) is 5.91 Å². The van der Waals surface area contributed by atoms with Gasteiger partial charge in [0.05, 0.1) is 5.92 Å². The van der Waals surface area contributed by atoms with E-state index in [1.807, 2.05) is 0 Å². The molecule has 1 unspecified atom stereocenters. The van der Waals surface area contributed by atoms with E-state index in [0.717, 1.165) is 45.3 Å². The molecule has 0 radical (unpaired) electrons. The highest BCUT2D eigenvalue weighted by Crippen LogP contribution is 2.10. The van der Waals surface area contributed by atoms with Crippen molar-refractivity contribution in [2.75, 3.05) is 19.6 Å². The van der Waals surface area contributed by atoms with E-state index in [4.69, 9.17) is 0 Å². The predicted octanol–water partition coefficient (Wildman–Crippen LogP) is 2.52. The van der Waals surface area contributed by atoms with Gasteiger partial charge in [-0.3, -0.25) is 4.79 Å². The van der Waals surface area contributed by atoms with E-state index in [1.165, 1.54) is 18.4 Å². The highest BCUT2D eigenvalue weighted by Gasteiger charge is 2.19. The zero-order valence-electron chi connectivity index (χ0n) is 12.2. The van der Waals surface area contributed by atoms with Crippen LogP contribution in [0.2, 0.25) is 0 Å². The number of rotatable bonds is 7. The zero-order valence-corrected chi connectivity index (χ0v) is 12.2. The molecule has 2 rings (SSSR count). The third kappa shape index (κ3) is 5.33. The summed E-state index contributed by atoms with van der Waals surface area (Å²) >= 11 is 0. The van der Waals surface area contributed by atoms with Gasteiger partial charge >= 0.3 is 0 Å². The Hall–Kier alpha value is -1.35. The van der Waals surface area contributed by atoms with Crippen molar-refractivity contribution < 1.29 is 4.79 Å². The number of amides is 1. The summed E-state index contributed by atoms with van der Waals surface area (Å²) in [6.45, 7) is 2.73. The largest absolute Gasteiger partial charge is 0.356 e. The molecule has 1 aromatic carbocycles. The number of hydrogen-bond donors (Lipinski definition) is 2. The van der Waals surface area contributed by atoms with Crippen LogP contribution < -0.4 is 10.6 Å². The van der Waals surface area contributed by atoms with Crippen molar-refractivity contribution in [3.8, 4) is 0 Å². The van der Waals surface area contributed by atoms with Crippen LogP contribution in [-0.2, 0) is 11.2 Å². The molecule has 110 valence electrons. The van der Waals surface area contributed by atoms with Gasteiger partial charge in [-0.1, -0.05) is 36.8 Å². The fourth-order valence-electron chi connectivity index (χ4n) is 2.71. The molecule has 1 heterocycles. The number of carbonyl (C=O) groups excluding carboxylic acids is 1. The SMILES string of the molecule is O=C(NCCCCCc1ccccc1)C1CCCNC1. The molecular formula is C17H26N2O. The van der Waals surface area contributed by atoms with E-state index in [0.29, 0.717) is 0 Å². The van der Waals surface area contributed by atoms with E-state index in [1.54, 1.807) is 0 Å². The highest BCUT2D eigenvalue weighted by atomic mass is 16.1. The molecule has 0 aliphatic carbocycles. The fourth-order valence-corrected chi connectivity index (χ4v) is 2.71. The van der Waals surface area contributed by atoms with Crippen LogP contribution in [0.4, 0.5) is 0 Å². The quantitative estimate of drug-likeness (QED) is 0.750. The molecule has 1 saturated heterocycles. The normalized spacial score (nSPS) is 18.7. The van der Waals surface area contributed by atoms with Gasteiger partial charge in [-0.05, 0) is 44.2 Å². The number of hydrogen-bond acceptors (Lipinski definition) is 2. The molecule has 0 spiro atoms. The van der Waals surface area contributed by atoms with Crippen molar-refractivity contribution in [1.82, 2.24) is 10.6 Å². The molecule has 1 atom stereocenters. The van der Waals surface area contributed by atoms with E-state index >= 15 is 0 Å². The molecule has 1 amide bonds. The number of aryl methyl sites for hydroxylation is 1. The fraction of sp³-hybridized carbons (Fsp3) is 0.588. The van der Waals surface area contributed by atoms with E-state index in [-0.39, 0.29) is 11.8 Å². The molecule has 0 aromatic heterocycles. The predicted molar refractivity (Wildman–Crippen MR) is 82.6 cm³/mol. The van der Waals surface area contributed by atoms with Gasteiger partial charge in [-0.25, -0.2) is 0 Å². The van der Waals surface area contributed by atoms with Crippen molar-refractivity contribution in [3.63, 3.8) is 0 Å². The topological polar surface area (TPSA) is 41.1 Å². The van der Waals surface area contributed by atoms with Gasteiger partial charge in [0.15, 0.2) is 0 Å². The van der Waals surface area contributed by atoms with Crippen LogP contribution in [0.1, 0.15) is 37.7 Å². The first kappa shape index (κ1) is 15.0. The molecule has 3 nitrogen and oxygen atoms in total. The number of unbranched alkanes of at least 4 members (excludes halogenated alkanes) is 2. The lowest BCUT2D eigenvalue weighted by molar-refractivity contribution is -0.125. The molecule has 0 bridgehead atoms. The summed E-state index contributed by atoms with van der Waals surface area (Å²) in [6, 6.07) is 10.6. The van der Waals surface area contributed by atoms with E-state index in [2.05, 4.69) is 41.0 Å². The first-order valence-corrected chi connectivity index (χ1v) is 7.88. The van der Waals surface area contributed by atoms with Crippen molar-refractivity contribution >= 4 is 5.91 Å². The van der Waals surface area contributed by atoms with E-state index in [9.17, 15) is 4.79 Å². The summed E-state index contributed by atoms with van der Waals surface area (Å²) in [5, 5.41) is 6.36. The second-order valence-corrected chi connectivity index (χ2v) is 5.63. The van der Waals surface area contributed by atoms with Crippen LogP contribution in [-0.4, -0.2) is 25.5 Å². The second-order valence-electron chi connectivity index (χ2n) is 5.63. The summed E-state index contributed by atoms with van der Waals surface area (Å²) in [5.74, 6) is 0.424. The van der Waals surface area contributed by atoms with Crippen LogP contribution in [0.5, 0.6) is 0 Å². The van der Waals surface area contributed by atoms with Gasteiger partial charge in [0, 0.05) is 13.1 Å². The van der Waals surface area contributed by atoms with Crippen LogP contribution in [0.25, 0.3) is 0 Å². The van der Waals surface area contributed by atoms with Gasteiger partial charge in [0.1, 0.15) is 0 Å². The van der Waals surface area contributed by atoms with Crippen LogP contribution in [0, 0.1) is 5.92 Å². The summed E-state index contributed by atoms with van der Waals surface area (Å²) in [6.07, 6.45) is 6.75. The first-order chi connectivity index (χ1) is 9.86. The summed E-state index contributed by atoms with van der Waals surface area (Å²) in [4.78, 5) is 11.9. The first-order valence-electron chi connectivity index (χ1n) is 7.88. The third-order valence-electron chi connectivity index (χ3n) is 3.95. The lowest BCUT2D eigenvalue weighted by atomic mass is 9.99. The lowest BCUT2D eigenvalue weighted by Crippen LogP contribution is -2.40. The number of nitrogens with one attached hydrogen (secondary N) is 2. The third-order valence-corrected chi connectivity index (χ3v) is 3.95. The van der Waals surface area contributed by atoms with Crippen molar-refractivity contribution in [3.05, 3.63) is 35.9 Å². The monoisotopic (exact) mass is 274 g/mol. The minimum absolute atomic E-state index is 0.188. The Balaban J connectivity index is 1.50. The molecular weight excluding hydrogens is 248 g/mol. The Bertz CT molecular complexity index is 385. The van der Waals surface area contributed by atoms with E-state index < -0.39 is 0 Å². The standard InChI is InChI=1S/C17H26N2O/c20-17(16-11-7-12-18-14-16)19-13-6-2-5-10-15-8-3-1-4-9-15/h1,3-4,8-9,16,18H,2,5-7,10-14H2,(H,19,20). The Morgan fingerprint density at radius 2 is 2.05 bits per heavy atom. The number of benzene rings is 1. The summed E-state index contributed by atoms with van der Waals surface area (Å²) in [7, 11) is 0. The van der Waals surface area contributed by atoms with Crippen LogP contribution in [0.15, 0.2) is 30.3 Å². The van der Waals surface area contributed by atoms with Gasteiger partial charge in [-0.15, -0.1) is 0 Å². The molecule has 2 N–H and O–H groups in total. The Morgan fingerprint density at radius 1 is 1.20 bits per heavy atom. The molecule has 20 heavy (non-hydrogen) atoms. The molecule has 0 saturated carbocycles. The molecule has 1 aliphatic rings. The van der Waals surface area contributed by atoms with Gasteiger partial charge in [-0.2, -0.15) is 0 Å². The Morgan fingerprint density at radius 3 is 2.80 bits per heavy atom.